The fraction of sp³-hybridized carbons (Fsp3) is 0.571. The fourth-order valence-electron chi connectivity index (χ4n) is 3.01. The average molecular weight is 318 g/mol. The van der Waals surface area contributed by atoms with Gasteiger partial charge in [-0.15, -0.1) is 0 Å². The number of carbonyl (C=O) groups is 1. The van der Waals surface area contributed by atoms with E-state index in [9.17, 15) is 4.79 Å². The first-order valence-corrected chi connectivity index (χ1v) is 8.63. The summed E-state index contributed by atoms with van der Waals surface area (Å²) >= 11 is 1.92. The lowest BCUT2D eigenvalue weighted by Crippen LogP contribution is -2.56. The Morgan fingerprint density at radius 2 is 2.00 bits per heavy atom. The number of aryl methyl sites for hydroxylation is 1. The smallest absolute Gasteiger partial charge is 0.229 e. The molecule has 2 saturated heterocycles. The minimum Gasteiger partial charge on any atom is -0.353 e. The quantitative estimate of drug-likeness (QED) is 0.797. The minimum absolute atomic E-state index is 0.0943. The van der Waals surface area contributed by atoms with Crippen molar-refractivity contribution in [3.63, 3.8) is 0 Å². The summed E-state index contributed by atoms with van der Waals surface area (Å²) in [7, 11) is 1.92. The molecule has 0 bridgehead atoms. The number of imidazole rings is 1. The van der Waals surface area contributed by atoms with E-state index in [0.29, 0.717) is 5.91 Å². The summed E-state index contributed by atoms with van der Waals surface area (Å²) < 4.78 is 1.88. The van der Waals surface area contributed by atoms with E-state index in [4.69, 9.17) is 0 Å². The molecule has 2 aliphatic heterocycles. The predicted molar refractivity (Wildman–Crippen MR) is 85.9 cm³/mol. The number of carbonyl (C=O) groups excluding carboxylic acids is 1. The van der Waals surface area contributed by atoms with Crippen molar-refractivity contribution in [2.24, 2.45) is 13.0 Å². The van der Waals surface area contributed by atoms with E-state index in [1.165, 1.54) is 0 Å². The summed E-state index contributed by atoms with van der Waals surface area (Å²) in [6.07, 6.45) is 3.31. The van der Waals surface area contributed by atoms with Crippen molar-refractivity contribution in [2.45, 2.75) is 0 Å². The van der Waals surface area contributed by atoms with E-state index in [2.05, 4.69) is 19.9 Å². The third kappa shape index (κ3) is 2.22. The molecule has 7 nitrogen and oxygen atoms in total. The van der Waals surface area contributed by atoms with Gasteiger partial charge in [0.15, 0.2) is 17.0 Å². The molecule has 2 aromatic rings. The zero-order valence-corrected chi connectivity index (χ0v) is 13.3. The first-order chi connectivity index (χ1) is 10.7. The van der Waals surface area contributed by atoms with Crippen molar-refractivity contribution in [3.05, 3.63) is 12.7 Å². The second kappa shape index (κ2) is 5.42. The van der Waals surface area contributed by atoms with Gasteiger partial charge in [-0.05, 0) is 0 Å². The fourth-order valence-corrected chi connectivity index (χ4v) is 3.92. The highest BCUT2D eigenvalue weighted by Crippen LogP contribution is 2.29. The van der Waals surface area contributed by atoms with Crippen molar-refractivity contribution >= 4 is 34.7 Å². The maximum absolute atomic E-state index is 12.5. The lowest BCUT2D eigenvalue weighted by atomic mass is 9.98. The number of thioether (sulfide) groups is 1. The molecule has 8 heteroatoms. The van der Waals surface area contributed by atoms with Crippen LogP contribution < -0.4 is 4.90 Å². The van der Waals surface area contributed by atoms with Gasteiger partial charge in [0, 0.05) is 44.7 Å². The van der Waals surface area contributed by atoms with Crippen LogP contribution in [0.1, 0.15) is 0 Å². The van der Waals surface area contributed by atoms with Crippen LogP contribution in [-0.2, 0) is 11.8 Å². The maximum atomic E-state index is 12.5. The first kappa shape index (κ1) is 13.8. The molecule has 4 rings (SSSR count). The van der Waals surface area contributed by atoms with Crippen LogP contribution in [0, 0.1) is 5.92 Å². The topological polar surface area (TPSA) is 67.2 Å². The Labute approximate surface area is 132 Å². The van der Waals surface area contributed by atoms with Gasteiger partial charge in [-0.2, -0.15) is 11.8 Å². The summed E-state index contributed by atoms with van der Waals surface area (Å²) in [5.41, 5.74) is 1.64. The number of aromatic nitrogens is 4. The Morgan fingerprint density at radius 3 is 2.77 bits per heavy atom. The van der Waals surface area contributed by atoms with Crippen LogP contribution in [0.2, 0.25) is 0 Å². The largest absolute Gasteiger partial charge is 0.353 e. The molecule has 0 radical (unpaired) electrons. The number of amides is 1. The van der Waals surface area contributed by atoms with Gasteiger partial charge in [0.25, 0.3) is 0 Å². The Bertz CT molecular complexity index is 704. The van der Waals surface area contributed by atoms with Gasteiger partial charge < -0.3 is 14.4 Å². The van der Waals surface area contributed by atoms with Crippen molar-refractivity contribution < 1.29 is 4.79 Å². The molecule has 22 heavy (non-hydrogen) atoms. The molecule has 116 valence electrons. The van der Waals surface area contributed by atoms with Gasteiger partial charge in [-0.3, -0.25) is 4.79 Å². The Balaban J connectivity index is 1.47. The van der Waals surface area contributed by atoms with Crippen molar-refractivity contribution in [3.8, 4) is 0 Å². The van der Waals surface area contributed by atoms with Gasteiger partial charge in [0.1, 0.15) is 6.33 Å². The van der Waals surface area contributed by atoms with Crippen LogP contribution in [0.15, 0.2) is 12.7 Å². The van der Waals surface area contributed by atoms with Crippen LogP contribution in [0.3, 0.4) is 0 Å². The number of hydrogen-bond donors (Lipinski definition) is 0. The molecule has 0 aliphatic carbocycles. The summed E-state index contributed by atoms with van der Waals surface area (Å²) in [6, 6.07) is 0. The molecule has 2 aromatic heterocycles. The lowest BCUT2D eigenvalue weighted by Gasteiger charge is -2.41. The van der Waals surface area contributed by atoms with Crippen molar-refractivity contribution in [1.82, 2.24) is 24.4 Å². The molecule has 2 fully saturated rings. The predicted octanol–water partition coefficient (Wildman–Crippen LogP) is 0.375. The van der Waals surface area contributed by atoms with E-state index in [1.54, 1.807) is 12.7 Å². The van der Waals surface area contributed by atoms with Crippen LogP contribution in [0.25, 0.3) is 11.2 Å². The molecule has 1 amide bonds. The second-order valence-electron chi connectivity index (χ2n) is 5.76. The Kier molecular flexibility index (Phi) is 3.40. The lowest BCUT2D eigenvalue weighted by molar-refractivity contribution is -0.135. The molecular weight excluding hydrogens is 300 g/mol. The van der Waals surface area contributed by atoms with Gasteiger partial charge >= 0.3 is 0 Å². The van der Waals surface area contributed by atoms with Crippen LogP contribution in [-0.4, -0.2) is 68.0 Å². The third-order valence-corrected chi connectivity index (χ3v) is 5.27. The zero-order valence-electron chi connectivity index (χ0n) is 12.5. The number of fused-ring (bicyclic) bond motifs is 1. The minimum atomic E-state index is 0.0943. The van der Waals surface area contributed by atoms with E-state index in [1.807, 2.05) is 28.3 Å². The van der Waals surface area contributed by atoms with E-state index in [0.717, 1.165) is 54.7 Å². The number of rotatable bonds is 2. The standard InChI is InChI=1S/C14H18N6OS/c1-18-9-17-11-12(18)15-8-16-13(11)20-6-10(7-20)14(21)19-2-4-22-5-3-19/h8-10H,2-7H2,1H3. The molecule has 0 aromatic carbocycles. The van der Waals surface area contributed by atoms with Crippen LogP contribution in [0.5, 0.6) is 0 Å². The van der Waals surface area contributed by atoms with Crippen molar-refractivity contribution in [1.29, 1.82) is 0 Å². The highest BCUT2D eigenvalue weighted by atomic mass is 32.2. The molecule has 2 aliphatic rings. The summed E-state index contributed by atoms with van der Waals surface area (Å²) in [6.45, 7) is 3.23. The van der Waals surface area contributed by atoms with Gasteiger partial charge in [0.2, 0.25) is 5.91 Å². The average Bonchev–Trinajstić information content (AvgIpc) is 2.89. The normalized spacial score (nSPS) is 19.5. The summed E-state index contributed by atoms with van der Waals surface area (Å²) in [4.78, 5) is 29.6. The van der Waals surface area contributed by atoms with Crippen molar-refractivity contribution in [2.75, 3.05) is 42.6 Å². The second-order valence-corrected chi connectivity index (χ2v) is 6.99. The first-order valence-electron chi connectivity index (χ1n) is 7.47. The molecular formula is C14H18N6OS. The SMILES string of the molecule is Cn1cnc2c(N3CC(C(=O)N4CCSCC4)C3)ncnc21. The van der Waals surface area contributed by atoms with E-state index >= 15 is 0 Å². The van der Waals surface area contributed by atoms with Crippen LogP contribution >= 0.6 is 11.8 Å². The molecule has 0 spiro atoms. The molecule has 0 saturated carbocycles. The molecule has 0 atom stereocenters. The van der Waals surface area contributed by atoms with Gasteiger partial charge in [-0.1, -0.05) is 0 Å². The highest BCUT2D eigenvalue weighted by Gasteiger charge is 2.37. The summed E-state index contributed by atoms with van der Waals surface area (Å²) in [5.74, 6) is 3.34. The van der Waals surface area contributed by atoms with E-state index in [-0.39, 0.29) is 5.92 Å². The molecule has 0 unspecified atom stereocenters. The van der Waals surface area contributed by atoms with Gasteiger partial charge in [-0.25, -0.2) is 15.0 Å². The number of anilines is 1. The number of hydrogen-bond acceptors (Lipinski definition) is 6. The summed E-state index contributed by atoms with van der Waals surface area (Å²) in [5, 5.41) is 0. The third-order valence-electron chi connectivity index (χ3n) is 4.33. The van der Waals surface area contributed by atoms with E-state index < -0.39 is 0 Å². The Hall–Kier alpha value is -1.83. The molecule has 4 heterocycles. The number of nitrogens with zero attached hydrogens (tertiary/aromatic N) is 6. The zero-order chi connectivity index (χ0) is 15.1. The Morgan fingerprint density at radius 1 is 1.23 bits per heavy atom. The van der Waals surface area contributed by atoms with Gasteiger partial charge in [0.05, 0.1) is 12.2 Å². The maximum Gasteiger partial charge on any atom is 0.229 e. The van der Waals surface area contributed by atoms with Crippen LogP contribution in [0.4, 0.5) is 5.82 Å². The highest BCUT2D eigenvalue weighted by molar-refractivity contribution is 7.99. The monoisotopic (exact) mass is 318 g/mol. The molecule has 0 N–H and O–H groups in total.